The summed E-state index contributed by atoms with van der Waals surface area (Å²) in [6.45, 7) is 6.21. The second-order valence-corrected chi connectivity index (χ2v) is 4.89. The van der Waals surface area contributed by atoms with Crippen LogP contribution in [-0.4, -0.2) is 18.1 Å². The maximum absolute atomic E-state index is 13.0. The van der Waals surface area contributed by atoms with E-state index in [1.165, 1.54) is 12.1 Å². The molecule has 0 saturated carbocycles. The molecule has 1 unspecified atom stereocenters. The van der Waals surface area contributed by atoms with Gasteiger partial charge in [0, 0.05) is 5.69 Å². The first kappa shape index (κ1) is 16.5. The van der Waals surface area contributed by atoms with Crippen LogP contribution in [-0.2, 0) is 9.53 Å². The van der Waals surface area contributed by atoms with Gasteiger partial charge in [-0.3, -0.25) is 0 Å². The second-order valence-electron chi connectivity index (χ2n) is 4.89. The maximum atomic E-state index is 13.0. The summed E-state index contributed by atoms with van der Waals surface area (Å²) >= 11 is 0. The van der Waals surface area contributed by atoms with Crippen molar-refractivity contribution in [3.05, 3.63) is 30.1 Å². The molecule has 0 bridgehead atoms. The predicted molar refractivity (Wildman–Crippen MR) is 79.2 cm³/mol. The number of unbranched alkanes of at least 4 members (excludes halogenated alkanes) is 1. The van der Waals surface area contributed by atoms with Gasteiger partial charge in [0.05, 0.1) is 6.61 Å². The molecular weight excluding hydrogens is 257 g/mol. The zero-order valence-electron chi connectivity index (χ0n) is 12.5. The number of ether oxygens (including phenoxy) is 1. The summed E-state index contributed by atoms with van der Waals surface area (Å²) in [6.07, 6.45) is 3.27. The Balaban J connectivity index is 2.95. The SMILES string of the molecule is CCCCC(CC)(Nc1ccc(F)cc1)C(=O)OCC. The third kappa shape index (κ3) is 4.22. The van der Waals surface area contributed by atoms with Crippen molar-refractivity contribution in [3.63, 3.8) is 0 Å². The molecule has 112 valence electrons. The maximum Gasteiger partial charge on any atom is 0.331 e. The summed E-state index contributed by atoms with van der Waals surface area (Å²) in [5, 5.41) is 3.25. The molecule has 0 aliphatic heterocycles. The van der Waals surface area contributed by atoms with Gasteiger partial charge in [0.25, 0.3) is 0 Å². The van der Waals surface area contributed by atoms with E-state index in [4.69, 9.17) is 4.74 Å². The largest absolute Gasteiger partial charge is 0.464 e. The monoisotopic (exact) mass is 281 g/mol. The molecule has 0 fully saturated rings. The predicted octanol–water partition coefficient (Wildman–Crippen LogP) is 4.14. The fraction of sp³-hybridized carbons (Fsp3) is 0.562. The van der Waals surface area contributed by atoms with Gasteiger partial charge in [-0.1, -0.05) is 26.7 Å². The highest BCUT2D eigenvalue weighted by atomic mass is 19.1. The van der Waals surface area contributed by atoms with E-state index < -0.39 is 5.54 Å². The summed E-state index contributed by atoms with van der Waals surface area (Å²) < 4.78 is 18.2. The highest BCUT2D eigenvalue weighted by Gasteiger charge is 2.37. The molecule has 4 heteroatoms. The molecule has 1 aromatic carbocycles. The van der Waals surface area contributed by atoms with E-state index in [1.807, 2.05) is 6.92 Å². The van der Waals surface area contributed by atoms with Gasteiger partial charge in [-0.15, -0.1) is 0 Å². The van der Waals surface area contributed by atoms with Crippen LogP contribution < -0.4 is 5.32 Å². The van der Waals surface area contributed by atoms with Gasteiger partial charge < -0.3 is 10.1 Å². The molecule has 0 aliphatic rings. The van der Waals surface area contributed by atoms with E-state index in [2.05, 4.69) is 12.2 Å². The second kappa shape index (κ2) is 7.88. The average molecular weight is 281 g/mol. The minimum atomic E-state index is -0.732. The Kier molecular flexibility index (Phi) is 6.49. The molecule has 20 heavy (non-hydrogen) atoms. The lowest BCUT2D eigenvalue weighted by atomic mass is 9.89. The lowest BCUT2D eigenvalue weighted by Crippen LogP contribution is -2.47. The molecule has 0 aliphatic carbocycles. The number of anilines is 1. The number of carbonyl (C=O) groups excluding carboxylic acids is 1. The first-order chi connectivity index (χ1) is 9.57. The van der Waals surface area contributed by atoms with Crippen LogP contribution in [0, 0.1) is 5.82 Å². The Morgan fingerprint density at radius 1 is 1.25 bits per heavy atom. The third-order valence-electron chi connectivity index (χ3n) is 3.45. The third-order valence-corrected chi connectivity index (χ3v) is 3.45. The van der Waals surface area contributed by atoms with Gasteiger partial charge in [-0.05, 0) is 44.0 Å². The number of hydrogen-bond donors (Lipinski definition) is 1. The highest BCUT2D eigenvalue weighted by molar-refractivity contribution is 5.84. The zero-order valence-corrected chi connectivity index (χ0v) is 12.5. The van der Waals surface area contributed by atoms with Crippen molar-refractivity contribution in [2.75, 3.05) is 11.9 Å². The lowest BCUT2D eigenvalue weighted by Gasteiger charge is -2.32. The van der Waals surface area contributed by atoms with Gasteiger partial charge in [-0.2, -0.15) is 0 Å². The fourth-order valence-corrected chi connectivity index (χ4v) is 2.18. The molecule has 0 spiro atoms. The Labute approximate surface area is 120 Å². The van der Waals surface area contributed by atoms with Crippen molar-refractivity contribution < 1.29 is 13.9 Å². The van der Waals surface area contributed by atoms with E-state index >= 15 is 0 Å². The van der Waals surface area contributed by atoms with E-state index in [9.17, 15) is 9.18 Å². The van der Waals surface area contributed by atoms with E-state index in [1.54, 1.807) is 19.1 Å². The summed E-state index contributed by atoms with van der Waals surface area (Å²) in [6, 6.07) is 6.05. The minimum absolute atomic E-state index is 0.236. The van der Waals surface area contributed by atoms with Crippen LogP contribution >= 0.6 is 0 Å². The number of nitrogens with one attached hydrogen (secondary N) is 1. The number of rotatable bonds is 8. The van der Waals surface area contributed by atoms with Crippen molar-refractivity contribution in [2.45, 2.75) is 52.0 Å². The van der Waals surface area contributed by atoms with Crippen molar-refractivity contribution >= 4 is 11.7 Å². The van der Waals surface area contributed by atoms with E-state index in [0.29, 0.717) is 19.4 Å². The minimum Gasteiger partial charge on any atom is -0.464 e. The molecule has 0 heterocycles. The molecule has 1 atom stereocenters. The molecule has 1 aromatic rings. The molecule has 3 nitrogen and oxygen atoms in total. The van der Waals surface area contributed by atoms with E-state index in [0.717, 1.165) is 18.5 Å². The van der Waals surface area contributed by atoms with Gasteiger partial charge in [0.2, 0.25) is 0 Å². The van der Waals surface area contributed by atoms with Gasteiger partial charge >= 0.3 is 5.97 Å². The number of carbonyl (C=O) groups is 1. The van der Waals surface area contributed by atoms with Gasteiger partial charge in [-0.25, -0.2) is 9.18 Å². The first-order valence-electron chi connectivity index (χ1n) is 7.29. The van der Waals surface area contributed by atoms with Crippen LogP contribution in [0.25, 0.3) is 0 Å². The average Bonchev–Trinajstić information content (AvgIpc) is 2.46. The summed E-state index contributed by atoms with van der Waals surface area (Å²) in [5.41, 5.74) is 0.00142. The van der Waals surface area contributed by atoms with Crippen molar-refractivity contribution in [1.82, 2.24) is 0 Å². The van der Waals surface area contributed by atoms with Crippen molar-refractivity contribution in [1.29, 1.82) is 0 Å². The van der Waals surface area contributed by atoms with Crippen LogP contribution in [0.1, 0.15) is 46.5 Å². The van der Waals surface area contributed by atoms with Crippen LogP contribution in [0.15, 0.2) is 24.3 Å². The van der Waals surface area contributed by atoms with Gasteiger partial charge in [0.15, 0.2) is 0 Å². The summed E-state index contributed by atoms with van der Waals surface area (Å²) in [5.74, 6) is -0.525. The number of hydrogen-bond acceptors (Lipinski definition) is 3. The molecular formula is C16H24FNO2. The molecule has 0 radical (unpaired) electrons. The molecule has 1 rings (SSSR count). The number of benzene rings is 1. The van der Waals surface area contributed by atoms with Crippen LogP contribution in [0.4, 0.5) is 10.1 Å². The summed E-state index contributed by atoms with van der Waals surface area (Å²) in [7, 11) is 0. The smallest absolute Gasteiger partial charge is 0.331 e. The van der Waals surface area contributed by atoms with Crippen molar-refractivity contribution in [3.8, 4) is 0 Å². The number of halogens is 1. The van der Waals surface area contributed by atoms with Crippen LogP contribution in [0.5, 0.6) is 0 Å². The Morgan fingerprint density at radius 3 is 2.40 bits per heavy atom. The zero-order chi connectivity index (χ0) is 15.0. The Hall–Kier alpha value is -1.58. The summed E-state index contributed by atoms with van der Waals surface area (Å²) in [4.78, 5) is 12.3. The lowest BCUT2D eigenvalue weighted by molar-refractivity contribution is -0.149. The van der Waals surface area contributed by atoms with Crippen LogP contribution in [0.3, 0.4) is 0 Å². The van der Waals surface area contributed by atoms with E-state index in [-0.39, 0.29) is 11.8 Å². The quantitative estimate of drug-likeness (QED) is 0.728. The standard InChI is InChI=1S/C16H24FNO2/c1-4-7-12-16(5-2,15(19)20-6-3)18-14-10-8-13(17)9-11-14/h8-11,18H,4-7,12H2,1-3H3. The normalized spacial score (nSPS) is 13.6. The highest BCUT2D eigenvalue weighted by Crippen LogP contribution is 2.26. The fourth-order valence-electron chi connectivity index (χ4n) is 2.18. The Bertz CT molecular complexity index is 419. The molecule has 1 N–H and O–H groups in total. The topological polar surface area (TPSA) is 38.3 Å². The molecule has 0 aromatic heterocycles. The Morgan fingerprint density at radius 2 is 1.90 bits per heavy atom. The van der Waals surface area contributed by atoms with Crippen molar-refractivity contribution in [2.24, 2.45) is 0 Å². The first-order valence-corrected chi connectivity index (χ1v) is 7.29. The molecule has 0 amide bonds. The molecule has 0 saturated heterocycles. The number of esters is 1. The van der Waals surface area contributed by atoms with Gasteiger partial charge in [0.1, 0.15) is 11.4 Å². The van der Waals surface area contributed by atoms with Crippen LogP contribution in [0.2, 0.25) is 0 Å².